The number of rotatable bonds is 8. The fourth-order valence-electron chi connectivity index (χ4n) is 3.73. The molecule has 0 bridgehead atoms. The van der Waals surface area contributed by atoms with Crippen molar-refractivity contribution in [1.29, 1.82) is 0 Å². The number of pyridine rings is 2. The average molecular weight is 564 g/mol. The Balaban J connectivity index is 1.76. The van der Waals surface area contributed by atoms with Crippen molar-refractivity contribution in [2.24, 2.45) is 0 Å². The van der Waals surface area contributed by atoms with Crippen molar-refractivity contribution in [3.05, 3.63) is 71.7 Å². The molecule has 2 N–H and O–H groups in total. The molecule has 0 saturated carbocycles. The number of amides is 1. The van der Waals surface area contributed by atoms with E-state index in [1.807, 2.05) is 19.0 Å². The summed E-state index contributed by atoms with van der Waals surface area (Å²) in [6, 6.07) is 8.84. The van der Waals surface area contributed by atoms with Gasteiger partial charge in [-0.25, -0.2) is 15.0 Å². The first-order valence-corrected chi connectivity index (χ1v) is 11.9. The summed E-state index contributed by atoms with van der Waals surface area (Å²) in [6.07, 6.45) is -7.40. The molecule has 1 aromatic carbocycles. The van der Waals surface area contributed by atoms with Gasteiger partial charge in [0.05, 0.1) is 22.2 Å². The second-order valence-corrected chi connectivity index (χ2v) is 8.97. The monoisotopic (exact) mass is 563 g/mol. The maximum atomic E-state index is 13.6. The second kappa shape index (κ2) is 11.4. The first kappa shape index (κ1) is 28.7. The normalized spacial score (nSPS) is 12.1. The Morgan fingerprint density at radius 1 is 0.900 bits per heavy atom. The third-order valence-electron chi connectivity index (χ3n) is 5.66. The summed E-state index contributed by atoms with van der Waals surface area (Å²) in [7, 11) is 3.75. The van der Waals surface area contributed by atoms with Crippen LogP contribution in [0.15, 0.2) is 54.7 Å². The highest BCUT2D eigenvalue weighted by Gasteiger charge is 2.35. The lowest BCUT2D eigenvalue weighted by Gasteiger charge is -2.14. The zero-order valence-corrected chi connectivity index (χ0v) is 21.2. The number of carbonyl (C=O) groups excluding carboxylic acids is 1. The highest BCUT2D eigenvalue weighted by molar-refractivity contribution is 5.96. The minimum Gasteiger partial charge on any atom is -0.349 e. The lowest BCUT2D eigenvalue weighted by molar-refractivity contribution is -0.138. The van der Waals surface area contributed by atoms with E-state index in [1.54, 1.807) is 0 Å². The second-order valence-electron chi connectivity index (χ2n) is 8.97. The van der Waals surface area contributed by atoms with E-state index >= 15 is 0 Å². The molecule has 4 aromatic rings. The lowest BCUT2D eigenvalue weighted by atomic mass is 10.1. The van der Waals surface area contributed by atoms with E-state index in [-0.39, 0.29) is 34.1 Å². The van der Waals surface area contributed by atoms with E-state index in [0.29, 0.717) is 19.5 Å². The van der Waals surface area contributed by atoms with Gasteiger partial charge >= 0.3 is 12.4 Å². The molecule has 0 saturated heterocycles. The number of fused-ring (bicyclic) bond motifs is 1. The molecule has 210 valence electrons. The summed E-state index contributed by atoms with van der Waals surface area (Å²) in [6.45, 7) is 1.01. The van der Waals surface area contributed by atoms with Gasteiger partial charge < -0.3 is 15.5 Å². The number of halogens is 6. The summed E-state index contributed by atoms with van der Waals surface area (Å²) in [5.41, 5.74) is -2.32. The van der Waals surface area contributed by atoms with Crippen LogP contribution >= 0.6 is 0 Å². The van der Waals surface area contributed by atoms with Gasteiger partial charge in [-0.15, -0.1) is 0 Å². The SMILES string of the molecule is CN(C)CCCNC(=O)c1nc(Nc2ccc(C(F)(F)F)cc2)c2ccc(-c3ncccc3C(F)(F)F)nc2n1. The topological polar surface area (TPSA) is 95.9 Å². The first-order chi connectivity index (χ1) is 18.8. The Morgan fingerprint density at radius 3 is 2.27 bits per heavy atom. The third kappa shape index (κ3) is 6.81. The molecule has 3 aromatic heterocycles. The van der Waals surface area contributed by atoms with Gasteiger partial charge in [0, 0.05) is 18.4 Å². The number of nitrogens with zero attached hydrogens (tertiary/aromatic N) is 5. The van der Waals surface area contributed by atoms with Gasteiger partial charge in [-0.3, -0.25) is 9.78 Å². The van der Waals surface area contributed by atoms with Crippen molar-refractivity contribution < 1.29 is 31.1 Å². The van der Waals surface area contributed by atoms with E-state index < -0.39 is 35.1 Å². The molecule has 0 spiro atoms. The van der Waals surface area contributed by atoms with Crippen LogP contribution < -0.4 is 10.6 Å². The molecule has 40 heavy (non-hydrogen) atoms. The van der Waals surface area contributed by atoms with Crippen molar-refractivity contribution in [1.82, 2.24) is 30.2 Å². The number of carbonyl (C=O) groups is 1. The molecule has 0 aliphatic rings. The highest BCUT2D eigenvalue weighted by Crippen LogP contribution is 2.36. The van der Waals surface area contributed by atoms with Crippen LogP contribution in [0.3, 0.4) is 0 Å². The van der Waals surface area contributed by atoms with Crippen LogP contribution in [0.4, 0.5) is 37.8 Å². The minimum absolute atomic E-state index is 0.0271. The molecule has 0 aliphatic carbocycles. The molecule has 0 fully saturated rings. The van der Waals surface area contributed by atoms with Crippen LogP contribution in [-0.2, 0) is 12.4 Å². The van der Waals surface area contributed by atoms with Gasteiger partial charge in [-0.05, 0) is 75.6 Å². The van der Waals surface area contributed by atoms with E-state index in [2.05, 4.69) is 30.6 Å². The number of benzene rings is 1. The standard InChI is InChI=1S/C26H23F6N7O/c1-39(2)14-4-13-34-24(40)23-37-21(35-16-8-6-15(7-9-16)25(27,28)29)17-10-11-19(36-22(17)38-23)20-18(26(30,31)32)5-3-12-33-20/h3,5-12H,4,13-14H2,1-2H3,(H,34,40)(H,35,36,37,38). The zero-order valence-electron chi connectivity index (χ0n) is 21.2. The number of alkyl halides is 6. The molecule has 0 unspecified atom stereocenters. The number of hydrogen-bond donors (Lipinski definition) is 2. The molecule has 14 heteroatoms. The molecule has 3 heterocycles. The molecule has 0 radical (unpaired) electrons. The molecule has 0 aliphatic heterocycles. The predicted molar refractivity (Wildman–Crippen MR) is 136 cm³/mol. The number of nitrogens with one attached hydrogen (secondary N) is 2. The Morgan fingerprint density at radius 2 is 1.62 bits per heavy atom. The van der Waals surface area contributed by atoms with Crippen LogP contribution in [0.25, 0.3) is 22.4 Å². The van der Waals surface area contributed by atoms with E-state index in [1.165, 1.54) is 30.5 Å². The van der Waals surface area contributed by atoms with Crippen molar-refractivity contribution >= 4 is 28.4 Å². The molecule has 0 atom stereocenters. The highest BCUT2D eigenvalue weighted by atomic mass is 19.4. The third-order valence-corrected chi connectivity index (χ3v) is 5.66. The lowest BCUT2D eigenvalue weighted by Crippen LogP contribution is -2.28. The maximum Gasteiger partial charge on any atom is 0.418 e. The van der Waals surface area contributed by atoms with E-state index in [9.17, 15) is 31.1 Å². The summed E-state index contributed by atoms with van der Waals surface area (Å²) in [5.74, 6) is -0.954. The first-order valence-electron chi connectivity index (χ1n) is 11.9. The van der Waals surface area contributed by atoms with Crippen LogP contribution in [0, 0.1) is 0 Å². The van der Waals surface area contributed by atoms with Gasteiger partial charge in [0.25, 0.3) is 5.91 Å². The molecular weight excluding hydrogens is 540 g/mol. The molecule has 1 amide bonds. The van der Waals surface area contributed by atoms with Crippen LogP contribution in [0.2, 0.25) is 0 Å². The van der Waals surface area contributed by atoms with Crippen LogP contribution in [0.1, 0.15) is 28.2 Å². The molecule has 8 nitrogen and oxygen atoms in total. The summed E-state index contributed by atoms with van der Waals surface area (Å²) in [4.78, 5) is 31.3. The average Bonchev–Trinajstić information content (AvgIpc) is 2.89. The summed E-state index contributed by atoms with van der Waals surface area (Å²) >= 11 is 0. The van der Waals surface area contributed by atoms with E-state index in [4.69, 9.17) is 0 Å². The van der Waals surface area contributed by atoms with Gasteiger partial charge in [0.2, 0.25) is 5.82 Å². The van der Waals surface area contributed by atoms with Crippen LogP contribution in [-0.4, -0.2) is 57.9 Å². The van der Waals surface area contributed by atoms with Gasteiger partial charge in [0.1, 0.15) is 11.5 Å². The number of anilines is 2. The molecular formula is C26H23F6N7O. The summed E-state index contributed by atoms with van der Waals surface area (Å²) < 4.78 is 79.7. The van der Waals surface area contributed by atoms with Gasteiger partial charge in [0.15, 0.2) is 5.65 Å². The van der Waals surface area contributed by atoms with Crippen molar-refractivity contribution in [3.8, 4) is 11.4 Å². The fraction of sp³-hybridized carbons (Fsp3) is 0.269. The quantitative estimate of drug-likeness (QED) is 0.214. The Kier molecular flexibility index (Phi) is 8.18. The smallest absolute Gasteiger partial charge is 0.349 e. The molecule has 4 rings (SSSR count). The minimum atomic E-state index is -4.70. The fourth-order valence-corrected chi connectivity index (χ4v) is 3.73. The van der Waals surface area contributed by atoms with E-state index in [0.717, 1.165) is 24.3 Å². The van der Waals surface area contributed by atoms with Gasteiger partial charge in [-0.1, -0.05) is 0 Å². The summed E-state index contributed by atoms with van der Waals surface area (Å²) in [5, 5.41) is 5.75. The number of aromatic nitrogens is 4. The maximum absolute atomic E-state index is 13.6. The zero-order chi connectivity index (χ0) is 29.1. The van der Waals surface area contributed by atoms with Crippen molar-refractivity contribution in [3.63, 3.8) is 0 Å². The Hall–Kier alpha value is -4.33. The van der Waals surface area contributed by atoms with Gasteiger partial charge in [-0.2, -0.15) is 26.3 Å². The Labute approximate surface area is 224 Å². The Bertz CT molecular complexity index is 1500. The largest absolute Gasteiger partial charge is 0.418 e. The van der Waals surface area contributed by atoms with Crippen molar-refractivity contribution in [2.75, 3.05) is 32.5 Å². The van der Waals surface area contributed by atoms with Crippen LogP contribution in [0.5, 0.6) is 0 Å². The number of hydrogen-bond acceptors (Lipinski definition) is 7. The predicted octanol–water partition coefficient (Wildman–Crippen LogP) is 5.55. The van der Waals surface area contributed by atoms with Crippen molar-refractivity contribution in [2.45, 2.75) is 18.8 Å².